The van der Waals surface area contributed by atoms with Crippen molar-refractivity contribution in [3.63, 3.8) is 0 Å². The maximum absolute atomic E-state index is 13.1. The van der Waals surface area contributed by atoms with Crippen LogP contribution in [-0.4, -0.2) is 27.6 Å². The van der Waals surface area contributed by atoms with Gasteiger partial charge in [0.25, 0.3) is 0 Å². The van der Waals surface area contributed by atoms with Gasteiger partial charge >= 0.3 is 11.9 Å². The van der Waals surface area contributed by atoms with Crippen molar-refractivity contribution in [1.29, 1.82) is 5.26 Å². The number of hydrogen-bond acceptors (Lipinski definition) is 5. The van der Waals surface area contributed by atoms with Crippen molar-refractivity contribution in [2.75, 3.05) is 0 Å². The normalized spacial score (nSPS) is 11.0. The van der Waals surface area contributed by atoms with E-state index in [1.807, 2.05) is 18.2 Å². The smallest absolute Gasteiger partial charge is 0.341 e. The van der Waals surface area contributed by atoms with Gasteiger partial charge < -0.3 is 9.84 Å². The second kappa shape index (κ2) is 8.69. The molecular weight excluding hydrogens is 471 g/mol. The zero-order valence-corrected chi connectivity index (χ0v) is 18.3. The van der Waals surface area contributed by atoms with E-state index in [9.17, 15) is 14.7 Å². The number of carbonyl (C=O) groups is 2. The molecule has 0 aliphatic carbocycles. The average molecular weight is 492 g/mol. The van der Waals surface area contributed by atoms with Gasteiger partial charge in [0.15, 0.2) is 0 Å². The Balaban J connectivity index is 2.70. The first-order valence-corrected chi connectivity index (χ1v) is 9.76. The predicted molar refractivity (Wildman–Crippen MR) is 113 cm³/mol. The van der Waals surface area contributed by atoms with Crippen LogP contribution in [0.4, 0.5) is 0 Å². The summed E-state index contributed by atoms with van der Waals surface area (Å²) in [6.07, 6.45) is 0.619. The lowest BCUT2D eigenvalue weighted by molar-refractivity contribution is -0.00392. The van der Waals surface area contributed by atoms with E-state index in [0.717, 1.165) is 3.57 Å². The topological polar surface area (TPSA) is 100 Å². The maximum atomic E-state index is 13.1. The number of hydrogen-bond donors (Lipinski definition) is 1. The molecule has 0 aliphatic heterocycles. The zero-order chi connectivity index (χ0) is 21.1. The molecule has 2 aromatic rings. The summed E-state index contributed by atoms with van der Waals surface area (Å²) in [6, 6.07) is 9.31. The van der Waals surface area contributed by atoms with Crippen molar-refractivity contribution in [2.45, 2.75) is 46.1 Å². The van der Waals surface area contributed by atoms with Crippen molar-refractivity contribution < 1.29 is 19.4 Å². The number of rotatable bonds is 6. The number of esters is 1. The van der Waals surface area contributed by atoms with Crippen molar-refractivity contribution in [2.24, 2.45) is 0 Å². The number of pyridine rings is 1. The van der Waals surface area contributed by atoms with E-state index in [2.05, 4.69) is 27.6 Å². The molecule has 1 N–H and O–H groups in total. The van der Waals surface area contributed by atoms with E-state index in [0.29, 0.717) is 28.9 Å². The SMILES string of the molecule is Cc1nc(C)c(C(=O)OC(C)(C)CCC#N)c(-c2cccc(I)c2)c1C(=O)O. The van der Waals surface area contributed by atoms with E-state index in [-0.39, 0.29) is 17.5 Å². The minimum atomic E-state index is -1.16. The Morgan fingerprint density at radius 1 is 1.25 bits per heavy atom. The van der Waals surface area contributed by atoms with Crippen LogP contribution < -0.4 is 0 Å². The van der Waals surface area contributed by atoms with Gasteiger partial charge in [0.2, 0.25) is 0 Å². The second-order valence-corrected chi connectivity index (χ2v) is 8.28. The summed E-state index contributed by atoms with van der Waals surface area (Å²) >= 11 is 2.14. The fourth-order valence-electron chi connectivity index (χ4n) is 3.00. The van der Waals surface area contributed by atoms with Crippen LogP contribution in [0, 0.1) is 28.7 Å². The van der Waals surface area contributed by atoms with Crippen LogP contribution >= 0.6 is 22.6 Å². The lowest BCUT2D eigenvalue weighted by Crippen LogP contribution is -2.29. The molecule has 0 bridgehead atoms. The van der Waals surface area contributed by atoms with Crippen LogP contribution in [0.2, 0.25) is 0 Å². The minimum Gasteiger partial charge on any atom is -0.478 e. The summed E-state index contributed by atoms with van der Waals surface area (Å²) in [4.78, 5) is 29.3. The van der Waals surface area contributed by atoms with Crippen molar-refractivity contribution in [1.82, 2.24) is 4.98 Å². The summed E-state index contributed by atoms with van der Waals surface area (Å²) in [5, 5.41) is 18.6. The number of aromatic carboxylic acids is 1. The predicted octanol–water partition coefficient (Wildman–Crippen LogP) is 4.91. The summed E-state index contributed by atoms with van der Waals surface area (Å²) in [6.45, 7) is 6.72. The van der Waals surface area contributed by atoms with E-state index in [4.69, 9.17) is 10.00 Å². The first-order chi connectivity index (χ1) is 13.1. The summed E-state index contributed by atoms with van der Waals surface area (Å²) in [7, 11) is 0. The third kappa shape index (κ3) is 4.87. The third-order valence-electron chi connectivity index (χ3n) is 4.30. The van der Waals surface area contributed by atoms with E-state index >= 15 is 0 Å². The molecule has 1 aromatic carbocycles. The van der Waals surface area contributed by atoms with Gasteiger partial charge in [-0.25, -0.2) is 9.59 Å². The molecule has 0 spiro atoms. The van der Waals surface area contributed by atoms with Crippen LogP contribution in [0.1, 0.15) is 58.8 Å². The maximum Gasteiger partial charge on any atom is 0.341 e. The molecule has 28 heavy (non-hydrogen) atoms. The van der Waals surface area contributed by atoms with E-state index in [1.54, 1.807) is 39.8 Å². The van der Waals surface area contributed by atoms with Gasteiger partial charge in [0.1, 0.15) is 5.60 Å². The molecule has 1 aromatic heterocycles. The molecule has 146 valence electrons. The number of aryl methyl sites for hydroxylation is 2. The Morgan fingerprint density at radius 2 is 1.89 bits per heavy atom. The first-order valence-electron chi connectivity index (χ1n) is 8.68. The Hall–Kier alpha value is -2.47. The molecule has 0 unspecified atom stereocenters. The van der Waals surface area contributed by atoms with Crippen LogP contribution in [0.15, 0.2) is 24.3 Å². The molecule has 7 heteroatoms. The molecule has 1 heterocycles. The summed E-state index contributed by atoms with van der Waals surface area (Å²) in [5.41, 5.74) is 0.897. The first kappa shape index (κ1) is 21.8. The molecule has 0 amide bonds. The fraction of sp³-hybridized carbons (Fsp3) is 0.333. The molecule has 0 radical (unpaired) electrons. The number of nitriles is 1. The molecule has 2 rings (SSSR count). The lowest BCUT2D eigenvalue weighted by Gasteiger charge is -2.25. The van der Waals surface area contributed by atoms with Gasteiger partial charge in [0.05, 0.1) is 28.6 Å². The van der Waals surface area contributed by atoms with Gasteiger partial charge in [0, 0.05) is 15.6 Å². The summed E-state index contributed by atoms with van der Waals surface area (Å²) in [5.74, 6) is -1.80. The number of carboxylic acid groups (broad SMARTS) is 1. The highest BCUT2D eigenvalue weighted by molar-refractivity contribution is 14.1. The Morgan fingerprint density at radius 3 is 2.46 bits per heavy atom. The lowest BCUT2D eigenvalue weighted by atomic mass is 9.92. The molecule has 0 aliphatic rings. The van der Waals surface area contributed by atoms with Crippen molar-refractivity contribution in [3.8, 4) is 17.2 Å². The number of carbonyl (C=O) groups excluding carboxylic acids is 1. The van der Waals surface area contributed by atoms with Crippen LogP contribution in [0.3, 0.4) is 0 Å². The van der Waals surface area contributed by atoms with E-state index in [1.165, 1.54) is 0 Å². The molecule has 0 saturated heterocycles. The van der Waals surface area contributed by atoms with E-state index < -0.39 is 17.5 Å². The highest BCUT2D eigenvalue weighted by atomic mass is 127. The van der Waals surface area contributed by atoms with Crippen molar-refractivity contribution >= 4 is 34.5 Å². The number of ether oxygens (including phenoxy) is 1. The quantitative estimate of drug-likeness (QED) is 0.455. The fourth-order valence-corrected chi connectivity index (χ4v) is 3.55. The van der Waals surface area contributed by atoms with Gasteiger partial charge in [-0.15, -0.1) is 0 Å². The standard InChI is InChI=1S/C21H21IN2O4/c1-12-16(19(25)26)18(14-7-5-8-15(22)11-14)17(13(2)24-12)20(27)28-21(3,4)9-6-10-23/h5,7-8,11H,6,9H2,1-4H3,(H,25,26). The van der Waals surface area contributed by atoms with Gasteiger partial charge in [-0.1, -0.05) is 12.1 Å². The second-order valence-electron chi connectivity index (χ2n) is 7.03. The highest BCUT2D eigenvalue weighted by Crippen LogP contribution is 2.34. The van der Waals surface area contributed by atoms with Crippen molar-refractivity contribution in [3.05, 3.63) is 50.4 Å². The van der Waals surface area contributed by atoms with Crippen LogP contribution in [0.5, 0.6) is 0 Å². The van der Waals surface area contributed by atoms with Crippen LogP contribution in [-0.2, 0) is 4.74 Å². The van der Waals surface area contributed by atoms with Gasteiger partial charge in [-0.2, -0.15) is 5.26 Å². The summed E-state index contributed by atoms with van der Waals surface area (Å²) < 4.78 is 6.56. The number of nitrogens with zero attached hydrogens (tertiary/aromatic N) is 2. The minimum absolute atomic E-state index is 0.0191. The molecule has 0 fully saturated rings. The third-order valence-corrected chi connectivity index (χ3v) is 4.97. The number of aromatic nitrogens is 1. The Bertz CT molecular complexity index is 977. The average Bonchev–Trinajstić information content (AvgIpc) is 2.58. The number of benzene rings is 1. The Labute approximate surface area is 177 Å². The molecule has 6 nitrogen and oxygen atoms in total. The largest absolute Gasteiger partial charge is 0.478 e. The molecule has 0 saturated carbocycles. The Kier molecular flexibility index (Phi) is 6.77. The monoisotopic (exact) mass is 492 g/mol. The molecule has 0 atom stereocenters. The molecular formula is C21H21IN2O4. The van der Waals surface area contributed by atoms with Crippen LogP contribution in [0.25, 0.3) is 11.1 Å². The van der Waals surface area contributed by atoms with Gasteiger partial charge in [-0.3, -0.25) is 4.98 Å². The highest BCUT2D eigenvalue weighted by Gasteiger charge is 2.30. The zero-order valence-electron chi connectivity index (χ0n) is 16.2. The number of halogens is 1. The van der Waals surface area contributed by atoms with Gasteiger partial charge in [-0.05, 0) is 74.4 Å². The number of carboxylic acids is 1.